The molecule has 22 heavy (non-hydrogen) atoms. The van der Waals surface area contributed by atoms with E-state index in [9.17, 15) is 4.79 Å². The normalized spacial score (nSPS) is 11.0. The molecular formula is C17H18N2O2S. The highest BCUT2D eigenvalue weighted by Gasteiger charge is 2.10. The van der Waals surface area contributed by atoms with Crippen LogP contribution in [0.3, 0.4) is 0 Å². The number of para-hydroxylation sites is 1. The van der Waals surface area contributed by atoms with Crippen LogP contribution in [-0.4, -0.2) is 16.2 Å². The van der Waals surface area contributed by atoms with E-state index in [0.29, 0.717) is 13.2 Å². The van der Waals surface area contributed by atoms with Crippen molar-refractivity contribution in [2.24, 2.45) is 0 Å². The quantitative estimate of drug-likeness (QED) is 0.677. The Morgan fingerprint density at radius 3 is 2.77 bits per heavy atom. The molecule has 114 valence electrons. The molecule has 0 radical (unpaired) electrons. The van der Waals surface area contributed by atoms with E-state index in [4.69, 9.17) is 4.74 Å². The maximum atomic E-state index is 12.5. The summed E-state index contributed by atoms with van der Waals surface area (Å²) in [5.74, 6) is 1.62. The zero-order valence-corrected chi connectivity index (χ0v) is 13.5. The molecule has 4 nitrogen and oxygen atoms in total. The molecule has 0 aliphatic carbocycles. The van der Waals surface area contributed by atoms with Gasteiger partial charge in [0.15, 0.2) is 0 Å². The van der Waals surface area contributed by atoms with Crippen LogP contribution in [0.15, 0.2) is 41.2 Å². The molecule has 1 aromatic carbocycles. The Labute approximate surface area is 133 Å². The molecular weight excluding hydrogens is 296 g/mol. The summed E-state index contributed by atoms with van der Waals surface area (Å²) in [5, 5.41) is 0.720. The second kappa shape index (κ2) is 6.32. The average Bonchev–Trinajstić information content (AvgIpc) is 2.88. The minimum Gasteiger partial charge on any atom is -0.494 e. The summed E-state index contributed by atoms with van der Waals surface area (Å²) in [4.78, 5) is 19.0. The third-order valence-corrected chi connectivity index (χ3v) is 4.45. The Morgan fingerprint density at radius 2 is 2.00 bits per heavy atom. The Balaban J connectivity index is 1.70. The van der Waals surface area contributed by atoms with Crippen LogP contribution in [0.4, 0.5) is 0 Å². The van der Waals surface area contributed by atoms with Crippen molar-refractivity contribution in [3.8, 4) is 5.75 Å². The van der Waals surface area contributed by atoms with Crippen LogP contribution in [-0.2, 0) is 6.54 Å². The van der Waals surface area contributed by atoms with Crippen molar-refractivity contribution in [3.63, 3.8) is 0 Å². The van der Waals surface area contributed by atoms with Crippen molar-refractivity contribution in [2.45, 2.75) is 26.8 Å². The molecule has 0 spiro atoms. The van der Waals surface area contributed by atoms with Crippen molar-refractivity contribution in [1.82, 2.24) is 9.55 Å². The van der Waals surface area contributed by atoms with E-state index in [1.54, 1.807) is 15.9 Å². The largest absolute Gasteiger partial charge is 0.494 e. The fraction of sp³-hybridized carbons (Fsp3) is 0.294. The highest BCUT2D eigenvalue weighted by molar-refractivity contribution is 7.18. The van der Waals surface area contributed by atoms with Crippen molar-refractivity contribution in [3.05, 3.63) is 57.5 Å². The van der Waals surface area contributed by atoms with Gasteiger partial charge in [0, 0.05) is 11.4 Å². The molecule has 0 N–H and O–H groups in total. The van der Waals surface area contributed by atoms with E-state index in [2.05, 4.69) is 4.98 Å². The number of benzene rings is 1. The molecule has 5 heteroatoms. The Morgan fingerprint density at radius 1 is 1.23 bits per heavy atom. The molecule has 2 heterocycles. The minimum absolute atomic E-state index is 0.0477. The van der Waals surface area contributed by atoms with Gasteiger partial charge in [-0.25, -0.2) is 4.98 Å². The van der Waals surface area contributed by atoms with Crippen LogP contribution < -0.4 is 10.3 Å². The molecule has 0 unspecified atom stereocenters. The van der Waals surface area contributed by atoms with Crippen molar-refractivity contribution in [1.29, 1.82) is 0 Å². The first-order chi connectivity index (χ1) is 10.6. The zero-order valence-electron chi connectivity index (χ0n) is 12.7. The number of fused-ring (bicyclic) bond motifs is 1. The smallest absolute Gasteiger partial charge is 0.262 e. The maximum absolute atomic E-state index is 12.5. The lowest BCUT2D eigenvalue weighted by atomic mass is 10.3. The van der Waals surface area contributed by atoms with Gasteiger partial charge in [-0.15, -0.1) is 11.3 Å². The van der Waals surface area contributed by atoms with E-state index in [1.807, 2.05) is 50.2 Å². The summed E-state index contributed by atoms with van der Waals surface area (Å²) in [7, 11) is 0. The van der Waals surface area contributed by atoms with Gasteiger partial charge < -0.3 is 4.74 Å². The van der Waals surface area contributed by atoms with Gasteiger partial charge in [-0.3, -0.25) is 9.36 Å². The Bertz CT molecular complexity index is 837. The van der Waals surface area contributed by atoms with Crippen LogP contribution in [0.5, 0.6) is 5.75 Å². The summed E-state index contributed by atoms with van der Waals surface area (Å²) < 4.78 is 7.40. The van der Waals surface area contributed by atoms with E-state index in [-0.39, 0.29) is 5.56 Å². The van der Waals surface area contributed by atoms with E-state index < -0.39 is 0 Å². The van der Waals surface area contributed by atoms with E-state index in [1.165, 1.54) is 0 Å². The predicted octanol–water partition coefficient (Wildman–Crippen LogP) is 3.54. The number of ether oxygens (including phenoxy) is 1. The molecule has 0 saturated heterocycles. The number of aryl methyl sites for hydroxylation is 2. The second-order valence-electron chi connectivity index (χ2n) is 5.21. The number of rotatable bonds is 5. The average molecular weight is 314 g/mol. The van der Waals surface area contributed by atoms with Gasteiger partial charge in [0.05, 0.1) is 12.0 Å². The molecule has 0 amide bonds. The molecule has 3 aromatic rings. The van der Waals surface area contributed by atoms with Gasteiger partial charge in [0.25, 0.3) is 5.56 Å². The highest BCUT2D eigenvalue weighted by Crippen LogP contribution is 2.20. The molecule has 3 rings (SSSR count). The van der Waals surface area contributed by atoms with Crippen molar-refractivity contribution >= 4 is 21.6 Å². The lowest BCUT2D eigenvalue weighted by Gasteiger charge is -2.10. The fourth-order valence-corrected chi connectivity index (χ4v) is 3.35. The van der Waals surface area contributed by atoms with Gasteiger partial charge in [-0.2, -0.15) is 0 Å². The zero-order chi connectivity index (χ0) is 15.5. The van der Waals surface area contributed by atoms with Crippen LogP contribution in [0, 0.1) is 13.8 Å². The number of aromatic nitrogens is 2. The Hall–Kier alpha value is -2.14. The van der Waals surface area contributed by atoms with Crippen LogP contribution >= 0.6 is 11.3 Å². The first kappa shape index (κ1) is 14.8. The monoisotopic (exact) mass is 314 g/mol. The van der Waals surface area contributed by atoms with Gasteiger partial charge in [0.1, 0.15) is 16.4 Å². The molecule has 0 aliphatic heterocycles. The minimum atomic E-state index is 0.0477. The lowest BCUT2D eigenvalue weighted by molar-refractivity contribution is 0.300. The van der Waals surface area contributed by atoms with Gasteiger partial charge in [0.2, 0.25) is 0 Å². The van der Waals surface area contributed by atoms with Gasteiger partial charge in [-0.05, 0) is 38.5 Å². The lowest BCUT2D eigenvalue weighted by Crippen LogP contribution is -2.24. The number of hydrogen-bond acceptors (Lipinski definition) is 4. The SMILES string of the molecule is Cc1cc2c(=O)n(CCCOc3ccccc3)c(C)nc2s1. The third kappa shape index (κ3) is 3.04. The molecule has 0 bridgehead atoms. The molecule has 0 fully saturated rings. The standard InChI is InChI=1S/C17H18N2O2S/c1-12-11-15-16(22-12)18-13(2)19(17(15)20)9-6-10-21-14-7-4-3-5-8-14/h3-5,7-8,11H,6,9-10H2,1-2H3. The predicted molar refractivity (Wildman–Crippen MR) is 89.9 cm³/mol. The van der Waals surface area contributed by atoms with Crippen LogP contribution in [0.2, 0.25) is 0 Å². The van der Waals surface area contributed by atoms with Crippen LogP contribution in [0.25, 0.3) is 10.2 Å². The first-order valence-electron chi connectivity index (χ1n) is 7.30. The summed E-state index contributed by atoms with van der Waals surface area (Å²) in [6, 6.07) is 11.6. The summed E-state index contributed by atoms with van der Waals surface area (Å²) >= 11 is 1.57. The second-order valence-corrected chi connectivity index (χ2v) is 6.44. The van der Waals surface area contributed by atoms with Crippen LogP contribution in [0.1, 0.15) is 17.1 Å². The summed E-state index contributed by atoms with van der Waals surface area (Å²) in [5.41, 5.74) is 0.0477. The number of thiophene rings is 1. The van der Waals surface area contributed by atoms with Gasteiger partial charge >= 0.3 is 0 Å². The summed E-state index contributed by atoms with van der Waals surface area (Å²) in [6.45, 7) is 5.08. The number of hydrogen-bond donors (Lipinski definition) is 0. The molecule has 0 aliphatic rings. The topological polar surface area (TPSA) is 44.1 Å². The third-order valence-electron chi connectivity index (χ3n) is 3.50. The molecule has 0 atom stereocenters. The first-order valence-corrected chi connectivity index (χ1v) is 8.12. The summed E-state index contributed by atoms with van der Waals surface area (Å²) in [6.07, 6.45) is 0.770. The van der Waals surface area contributed by atoms with Gasteiger partial charge in [-0.1, -0.05) is 18.2 Å². The van der Waals surface area contributed by atoms with E-state index >= 15 is 0 Å². The van der Waals surface area contributed by atoms with Crippen molar-refractivity contribution in [2.75, 3.05) is 6.61 Å². The Kier molecular flexibility index (Phi) is 4.24. The van der Waals surface area contributed by atoms with E-state index in [0.717, 1.165) is 33.1 Å². The number of nitrogens with zero attached hydrogens (tertiary/aromatic N) is 2. The molecule has 2 aromatic heterocycles. The fourth-order valence-electron chi connectivity index (χ4n) is 2.43. The van der Waals surface area contributed by atoms with Crippen molar-refractivity contribution < 1.29 is 4.74 Å². The molecule has 0 saturated carbocycles. The maximum Gasteiger partial charge on any atom is 0.262 e. The highest BCUT2D eigenvalue weighted by atomic mass is 32.1.